The van der Waals surface area contributed by atoms with Crippen LogP contribution in [0, 0.1) is 0 Å². The number of aromatic nitrogens is 1. The van der Waals surface area contributed by atoms with Crippen molar-refractivity contribution in [1.82, 2.24) is 10.3 Å². The number of nitrogen functional groups attached to an aromatic ring is 1. The summed E-state index contributed by atoms with van der Waals surface area (Å²) in [5, 5.41) is 11.6. The lowest BCUT2D eigenvalue weighted by molar-refractivity contribution is -0.138. The van der Waals surface area contributed by atoms with E-state index in [1.807, 2.05) is 0 Å². The van der Waals surface area contributed by atoms with Crippen LogP contribution in [0.5, 0.6) is 0 Å². The standard InChI is InChI=1S/C24H29N5O6/c1-3-17(25)22(34)28-19(10-11-20(31)32)23(35)29(15-7-6-12-27-13-15)24(2,14-30)21(33)16-8-4-5-9-18(16)26/h4-9,12-14,17,19H,3,10-11,25-26H2,1-2H3,(H,28,34)(H,31,32)/t17?,19-,24-/m0/s1. The second-order valence-electron chi connectivity index (χ2n) is 8.07. The predicted molar refractivity (Wildman–Crippen MR) is 128 cm³/mol. The molecule has 0 bridgehead atoms. The van der Waals surface area contributed by atoms with E-state index in [9.17, 15) is 24.0 Å². The molecule has 0 radical (unpaired) electrons. The van der Waals surface area contributed by atoms with Crippen molar-refractivity contribution in [2.75, 3.05) is 10.6 Å². The lowest BCUT2D eigenvalue weighted by atomic mass is 9.88. The largest absolute Gasteiger partial charge is 0.481 e. The van der Waals surface area contributed by atoms with E-state index in [4.69, 9.17) is 16.6 Å². The number of carbonyl (C=O) groups is 5. The maximum Gasteiger partial charge on any atom is 0.303 e. The van der Waals surface area contributed by atoms with Gasteiger partial charge in [0.05, 0.1) is 17.9 Å². The lowest BCUT2D eigenvalue weighted by Gasteiger charge is -2.38. The maximum atomic E-state index is 13.8. The topological polar surface area (TPSA) is 186 Å². The van der Waals surface area contributed by atoms with E-state index in [0.717, 1.165) is 4.90 Å². The van der Waals surface area contributed by atoms with Crippen molar-refractivity contribution < 1.29 is 29.1 Å². The van der Waals surface area contributed by atoms with Gasteiger partial charge in [0.25, 0.3) is 5.91 Å². The van der Waals surface area contributed by atoms with Crippen molar-refractivity contribution in [2.24, 2.45) is 5.73 Å². The molecular weight excluding hydrogens is 454 g/mol. The number of nitrogens with two attached hydrogens (primary N) is 2. The number of hydrogen-bond acceptors (Lipinski definition) is 8. The third-order valence-electron chi connectivity index (χ3n) is 5.52. The summed E-state index contributed by atoms with van der Waals surface area (Å²) in [6.45, 7) is 2.92. The quantitative estimate of drug-likeness (QED) is 0.147. The third-order valence-corrected chi connectivity index (χ3v) is 5.52. The molecule has 3 atom stereocenters. The number of nitrogens with zero attached hydrogens (tertiary/aromatic N) is 2. The summed E-state index contributed by atoms with van der Waals surface area (Å²) in [6.07, 6.45) is 2.52. The van der Waals surface area contributed by atoms with Crippen molar-refractivity contribution in [3.8, 4) is 0 Å². The zero-order valence-electron chi connectivity index (χ0n) is 19.5. The Hall–Kier alpha value is -4.12. The summed E-state index contributed by atoms with van der Waals surface area (Å²) in [7, 11) is 0. The molecule has 35 heavy (non-hydrogen) atoms. The number of aliphatic carboxylic acids is 1. The number of carbonyl (C=O) groups excluding carboxylic acids is 4. The van der Waals surface area contributed by atoms with E-state index in [-0.39, 0.29) is 29.8 Å². The average molecular weight is 484 g/mol. The number of carboxylic acids is 1. The first-order valence-corrected chi connectivity index (χ1v) is 10.9. The Morgan fingerprint density at radius 1 is 1.20 bits per heavy atom. The van der Waals surface area contributed by atoms with Crippen molar-refractivity contribution in [1.29, 1.82) is 0 Å². The first-order chi connectivity index (χ1) is 16.6. The Bertz CT molecular complexity index is 1090. The molecule has 11 heteroatoms. The zero-order chi connectivity index (χ0) is 26.2. The second-order valence-corrected chi connectivity index (χ2v) is 8.07. The van der Waals surface area contributed by atoms with E-state index in [1.54, 1.807) is 19.1 Å². The van der Waals surface area contributed by atoms with Crippen LogP contribution in [0.15, 0.2) is 48.8 Å². The monoisotopic (exact) mass is 483 g/mol. The Labute approximate surface area is 202 Å². The molecule has 0 aliphatic rings. The van der Waals surface area contributed by atoms with Crippen molar-refractivity contribution in [2.45, 2.75) is 50.7 Å². The molecule has 1 aromatic heterocycles. The van der Waals surface area contributed by atoms with Gasteiger partial charge in [0.1, 0.15) is 6.04 Å². The second kappa shape index (κ2) is 11.8. The highest BCUT2D eigenvalue weighted by molar-refractivity contribution is 6.21. The molecule has 2 amide bonds. The SMILES string of the molecule is CCC(N)C(=O)N[C@@H](CCC(=O)O)C(=O)N(c1cccnc1)[C@@](C)(C=O)C(=O)c1ccccc1N. The van der Waals surface area contributed by atoms with Crippen LogP contribution in [0.25, 0.3) is 0 Å². The van der Waals surface area contributed by atoms with Crippen LogP contribution in [0.3, 0.4) is 0 Å². The Balaban J connectivity index is 2.62. The number of anilines is 2. The molecule has 1 aromatic carbocycles. The Morgan fingerprint density at radius 3 is 2.43 bits per heavy atom. The van der Waals surface area contributed by atoms with Gasteiger partial charge in [-0.2, -0.15) is 0 Å². The summed E-state index contributed by atoms with van der Waals surface area (Å²) < 4.78 is 0. The Kier molecular flexibility index (Phi) is 9.18. The number of Topliss-reactive ketones (excluding diaryl/α,β-unsaturated/α-hetero) is 1. The van der Waals surface area contributed by atoms with Crippen molar-refractivity contribution in [3.05, 3.63) is 54.4 Å². The smallest absolute Gasteiger partial charge is 0.303 e. The van der Waals surface area contributed by atoms with Crippen LogP contribution >= 0.6 is 0 Å². The fraction of sp³-hybridized carbons (Fsp3) is 0.333. The zero-order valence-corrected chi connectivity index (χ0v) is 19.5. The predicted octanol–water partition coefficient (Wildman–Crippen LogP) is 0.924. The van der Waals surface area contributed by atoms with Gasteiger partial charge in [0.15, 0.2) is 17.6 Å². The number of aldehydes is 1. The first-order valence-electron chi connectivity index (χ1n) is 10.9. The number of carboxylic acid groups (broad SMARTS) is 1. The van der Waals surface area contributed by atoms with E-state index < -0.39 is 47.6 Å². The Morgan fingerprint density at radius 2 is 1.89 bits per heavy atom. The van der Waals surface area contributed by atoms with Crippen LogP contribution in [-0.4, -0.2) is 57.6 Å². The minimum absolute atomic E-state index is 0.0166. The molecule has 0 spiro atoms. The molecule has 11 nitrogen and oxygen atoms in total. The van der Waals surface area contributed by atoms with Crippen LogP contribution in [-0.2, 0) is 19.2 Å². The molecule has 0 aliphatic carbocycles. The van der Waals surface area contributed by atoms with E-state index in [0.29, 0.717) is 6.29 Å². The first kappa shape index (κ1) is 27.1. The summed E-state index contributed by atoms with van der Waals surface area (Å²) >= 11 is 0. The number of hydrogen-bond donors (Lipinski definition) is 4. The normalized spacial score (nSPS) is 14.1. The van der Waals surface area contributed by atoms with Gasteiger partial charge in [0.2, 0.25) is 5.91 Å². The molecule has 0 saturated carbocycles. The van der Waals surface area contributed by atoms with Gasteiger partial charge < -0.3 is 26.7 Å². The van der Waals surface area contributed by atoms with Gasteiger partial charge in [-0.1, -0.05) is 19.1 Å². The molecule has 0 saturated heterocycles. The number of nitrogens with one attached hydrogen (secondary N) is 1. The molecule has 0 aliphatic heterocycles. The van der Waals surface area contributed by atoms with Crippen LogP contribution in [0.4, 0.5) is 11.4 Å². The highest BCUT2D eigenvalue weighted by atomic mass is 16.4. The van der Waals surface area contributed by atoms with Crippen LogP contribution in [0.1, 0.15) is 43.5 Å². The molecule has 1 heterocycles. The summed E-state index contributed by atoms with van der Waals surface area (Å²) in [5.41, 5.74) is 9.83. The number of pyridine rings is 1. The van der Waals surface area contributed by atoms with Crippen molar-refractivity contribution >= 4 is 41.2 Å². The maximum absolute atomic E-state index is 13.8. The van der Waals surface area contributed by atoms with Gasteiger partial charge in [-0.25, -0.2) is 0 Å². The summed E-state index contributed by atoms with van der Waals surface area (Å²) in [6, 6.07) is 6.71. The minimum Gasteiger partial charge on any atom is -0.481 e. The summed E-state index contributed by atoms with van der Waals surface area (Å²) in [4.78, 5) is 68.5. The number of amides is 2. The number of para-hydroxylation sites is 1. The minimum atomic E-state index is -2.10. The van der Waals surface area contributed by atoms with Gasteiger partial charge in [-0.15, -0.1) is 0 Å². The van der Waals surface area contributed by atoms with Gasteiger partial charge in [-0.05, 0) is 44.0 Å². The van der Waals surface area contributed by atoms with Gasteiger partial charge in [-0.3, -0.25) is 29.1 Å². The fourth-order valence-corrected chi connectivity index (χ4v) is 3.44. The molecule has 186 valence electrons. The highest BCUT2D eigenvalue weighted by Gasteiger charge is 2.46. The van der Waals surface area contributed by atoms with Crippen LogP contribution < -0.4 is 21.7 Å². The van der Waals surface area contributed by atoms with E-state index in [1.165, 1.54) is 43.6 Å². The van der Waals surface area contributed by atoms with Gasteiger partial charge >= 0.3 is 5.97 Å². The molecular formula is C24H29N5O6. The van der Waals surface area contributed by atoms with E-state index in [2.05, 4.69) is 10.3 Å². The number of ketones is 1. The fourth-order valence-electron chi connectivity index (χ4n) is 3.44. The number of benzene rings is 1. The van der Waals surface area contributed by atoms with Gasteiger partial charge in [0, 0.05) is 23.9 Å². The lowest BCUT2D eigenvalue weighted by Crippen LogP contribution is -2.62. The third kappa shape index (κ3) is 6.27. The number of rotatable bonds is 12. The molecule has 2 rings (SSSR count). The summed E-state index contributed by atoms with van der Waals surface area (Å²) in [5.74, 6) is -3.52. The van der Waals surface area contributed by atoms with Crippen LogP contribution in [0.2, 0.25) is 0 Å². The van der Waals surface area contributed by atoms with E-state index >= 15 is 0 Å². The molecule has 0 fully saturated rings. The highest BCUT2D eigenvalue weighted by Crippen LogP contribution is 2.29. The molecule has 2 aromatic rings. The van der Waals surface area contributed by atoms with Crippen molar-refractivity contribution in [3.63, 3.8) is 0 Å². The molecule has 1 unspecified atom stereocenters. The molecule has 6 N–H and O–H groups in total. The average Bonchev–Trinajstić information content (AvgIpc) is 2.86.